The summed E-state index contributed by atoms with van der Waals surface area (Å²) in [6.45, 7) is 8.70. The van der Waals surface area contributed by atoms with Gasteiger partial charge in [-0.25, -0.2) is 0 Å². The van der Waals surface area contributed by atoms with Crippen molar-refractivity contribution in [2.45, 2.75) is 26.4 Å². The number of hydrogen-bond donors (Lipinski definition) is 1. The van der Waals surface area contributed by atoms with Crippen LogP contribution in [-0.2, 0) is 16.1 Å². The highest BCUT2D eigenvalue weighted by Gasteiger charge is 2.12. The van der Waals surface area contributed by atoms with Gasteiger partial charge in [-0.2, -0.15) is 0 Å². The monoisotopic (exact) mass is 263 g/mol. The molecule has 0 fully saturated rings. The molecule has 1 unspecified atom stereocenters. The fraction of sp³-hybridized carbons (Fsp3) is 0.400. The summed E-state index contributed by atoms with van der Waals surface area (Å²) in [6.07, 6.45) is 1.70. The second-order valence-corrected chi connectivity index (χ2v) is 4.10. The van der Waals surface area contributed by atoms with Crippen LogP contribution in [-0.4, -0.2) is 25.2 Å². The molecule has 0 bridgehead atoms. The molecule has 1 aromatic rings. The van der Waals surface area contributed by atoms with Crippen LogP contribution >= 0.6 is 0 Å². The van der Waals surface area contributed by atoms with E-state index in [1.54, 1.807) is 19.9 Å². The summed E-state index contributed by atoms with van der Waals surface area (Å²) in [5.74, 6) is 0.579. The Bertz CT molecular complexity index is 400. The molecule has 0 saturated carbocycles. The molecule has 0 saturated heterocycles. The molecule has 0 aliphatic heterocycles. The van der Waals surface area contributed by atoms with Crippen LogP contribution in [0, 0.1) is 0 Å². The molecule has 0 heterocycles. The molecule has 0 radical (unpaired) electrons. The Balaban J connectivity index is 2.40. The Morgan fingerprint density at radius 2 is 2.11 bits per heavy atom. The van der Waals surface area contributed by atoms with E-state index in [1.165, 1.54) is 0 Å². The van der Waals surface area contributed by atoms with E-state index >= 15 is 0 Å². The Labute approximate surface area is 114 Å². The molecule has 1 aromatic carbocycles. The zero-order valence-electron chi connectivity index (χ0n) is 11.5. The lowest BCUT2D eigenvalue weighted by atomic mass is 10.2. The van der Waals surface area contributed by atoms with E-state index in [2.05, 4.69) is 11.9 Å². The molecule has 4 heteroatoms. The number of benzene rings is 1. The van der Waals surface area contributed by atoms with Gasteiger partial charge in [0, 0.05) is 6.54 Å². The summed E-state index contributed by atoms with van der Waals surface area (Å²) in [4.78, 5) is 11.4. The highest BCUT2D eigenvalue weighted by Crippen LogP contribution is 2.12. The maximum Gasteiger partial charge on any atom is 0.322 e. The van der Waals surface area contributed by atoms with E-state index in [1.807, 2.05) is 24.3 Å². The first-order valence-corrected chi connectivity index (χ1v) is 6.40. The number of rotatable bonds is 8. The third kappa shape index (κ3) is 5.57. The molecule has 0 aliphatic carbocycles. The van der Waals surface area contributed by atoms with Gasteiger partial charge in [-0.3, -0.25) is 4.79 Å². The minimum absolute atomic E-state index is 0.228. The SMILES string of the molecule is C=CCOc1ccc(CNC(C)C(=O)OCC)cc1. The van der Waals surface area contributed by atoms with Gasteiger partial charge in [0.05, 0.1) is 6.61 Å². The average molecular weight is 263 g/mol. The van der Waals surface area contributed by atoms with Gasteiger partial charge in [0.25, 0.3) is 0 Å². The normalized spacial score (nSPS) is 11.7. The van der Waals surface area contributed by atoms with Crippen LogP contribution in [0.25, 0.3) is 0 Å². The van der Waals surface area contributed by atoms with Crippen LogP contribution in [0.15, 0.2) is 36.9 Å². The number of esters is 1. The predicted molar refractivity (Wildman–Crippen MR) is 75.1 cm³/mol. The van der Waals surface area contributed by atoms with E-state index in [-0.39, 0.29) is 12.0 Å². The predicted octanol–water partition coefficient (Wildman–Crippen LogP) is 2.29. The second kappa shape index (κ2) is 8.32. The summed E-state index contributed by atoms with van der Waals surface area (Å²) in [5, 5.41) is 3.11. The molecule has 0 aromatic heterocycles. The third-order valence-corrected chi connectivity index (χ3v) is 2.54. The minimum atomic E-state index is -0.309. The molecule has 0 amide bonds. The lowest BCUT2D eigenvalue weighted by Gasteiger charge is -2.12. The van der Waals surface area contributed by atoms with Crippen molar-refractivity contribution in [1.82, 2.24) is 5.32 Å². The van der Waals surface area contributed by atoms with Crippen molar-refractivity contribution in [3.63, 3.8) is 0 Å². The summed E-state index contributed by atoms with van der Waals surface area (Å²) in [6, 6.07) is 7.41. The maximum absolute atomic E-state index is 11.4. The number of ether oxygens (including phenoxy) is 2. The average Bonchev–Trinajstić information content (AvgIpc) is 2.43. The number of hydrogen-bond acceptors (Lipinski definition) is 4. The van der Waals surface area contributed by atoms with E-state index in [0.29, 0.717) is 19.8 Å². The van der Waals surface area contributed by atoms with Crippen LogP contribution in [0.4, 0.5) is 0 Å². The van der Waals surface area contributed by atoms with Crippen molar-refractivity contribution in [2.75, 3.05) is 13.2 Å². The van der Waals surface area contributed by atoms with Crippen LogP contribution in [0.1, 0.15) is 19.4 Å². The summed E-state index contributed by atoms with van der Waals surface area (Å²) in [7, 11) is 0. The molecule has 0 spiro atoms. The van der Waals surface area contributed by atoms with Crippen LogP contribution in [0.5, 0.6) is 5.75 Å². The number of nitrogens with one attached hydrogen (secondary N) is 1. The second-order valence-electron chi connectivity index (χ2n) is 4.10. The highest BCUT2D eigenvalue weighted by molar-refractivity contribution is 5.75. The van der Waals surface area contributed by atoms with Crippen molar-refractivity contribution in [2.24, 2.45) is 0 Å². The first kappa shape index (κ1) is 15.2. The zero-order valence-corrected chi connectivity index (χ0v) is 11.5. The van der Waals surface area contributed by atoms with E-state index < -0.39 is 0 Å². The Morgan fingerprint density at radius 1 is 1.42 bits per heavy atom. The standard InChI is InChI=1S/C15H21NO3/c1-4-10-19-14-8-6-13(7-9-14)11-16-12(3)15(17)18-5-2/h4,6-9,12,16H,1,5,10-11H2,2-3H3. The molecule has 4 nitrogen and oxygen atoms in total. The quantitative estimate of drug-likeness (QED) is 0.577. The smallest absolute Gasteiger partial charge is 0.322 e. The van der Waals surface area contributed by atoms with Crippen LogP contribution in [0.3, 0.4) is 0 Å². The molecular formula is C15H21NO3. The fourth-order valence-corrected chi connectivity index (χ4v) is 1.48. The molecule has 1 rings (SSSR count). The summed E-state index contributed by atoms with van der Waals surface area (Å²) < 4.78 is 10.3. The first-order valence-electron chi connectivity index (χ1n) is 6.40. The van der Waals surface area contributed by atoms with E-state index in [9.17, 15) is 4.79 Å². The molecule has 19 heavy (non-hydrogen) atoms. The Morgan fingerprint density at radius 3 is 2.68 bits per heavy atom. The van der Waals surface area contributed by atoms with Gasteiger partial charge in [-0.1, -0.05) is 24.8 Å². The minimum Gasteiger partial charge on any atom is -0.490 e. The van der Waals surface area contributed by atoms with Gasteiger partial charge in [0.2, 0.25) is 0 Å². The molecule has 1 N–H and O–H groups in total. The number of carbonyl (C=O) groups excluding carboxylic acids is 1. The third-order valence-electron chi connectivity index (χ3n) is 2.54. The first-order chi connectivity index (χ1) is 9.17. The lowest BCUT2D eigenvalue weighted by Crippen LogP contribution is -2.34. The van der Waals surface area contributed by atoms with Crippen LogP contribution < -0.4 is 10.1 Å². The van der Waals surface area contributed by atoms with Gasteiger partial charge < -0.3 is 14.8 Å². The van der Waals surface area contributed by atoms with Gasteiger partial charge in [0.15, 0.2) is 0 Å². The van der Waals surface area contributed by atoms with Crippen molar-refractivity contribution in [3.05, 3.63) is 42.5 Å². The summed E-state index contributed by atoms with van der Waals surface area (Å²) in [5.41, 5.74) is 1.09. The largest absolute Gasteiger partial charge is 0.490 e. The van der Waals surface area contributed by atoms with Crippen LogP contribution in [0.2, 0.25) is 0 Å². The topological polar surface area (TPSA) is 47.6 Å². The highest BCUT2D eigenvalue weighted by atomic mass is 16.5. The van der Waals surface area contributed by atoms with Crippen molar-refractivity contribution >= 4 is 5.97 Å². The van der Waals surface area contributed by atoms with Crippen molar-refractivity contribution in [1.29, 1.82) is 0 Å². The van der Waals surface area contributed by atoms with Crippen molar-refractivity contribution in [3.8, 4) is 5.75 Å². The van der Waals surface area contributed by atoms with Gasteiger partial charge >= 0.3 is 5.97 Å². The van der Waals surface area contributed by atoms with Crippen molar-refractivity contribution < 1.29 is 14.3 Å². The maximum atomic E-state index is 11.4. The number of carbonyl (C=O) groups is 1. The molecule has 1 atom stereocenters. The van der Waals surface area contributed by atoms with Gasteiger partial charge in [0.1, 0.15) is 18.4 Å². The van der Waals surface area contributed by atoms with Gasteiger partial charge in [-0.15, -0.1) is 0 Å². The molecule has 104 valence electrons. The molecular weight excluding hydrogens is 242 g/mol. The van der Waals surface area contributed by atoms with E-state index in [0.717, 1.165) is 11.3 Å². The van der Waals surface area contributed by atoms with E-state index in [4.69, 9.17) is 9.47 Å². The fourth-order valence-electron chi connectivity index (χ4n) is 1.48. The summed E-state index contributed by atoms with van der Waals surface area (Å²) >= 11 is 0. The van der Waals surface area contributed by atoms with Gasteiger partial charge in [-0.05, 0) is 31.5 Å². The Hall–Kier alpha value is -1.81. The molecule has 0 aliphatic rings. The zero-order chi connectivity index (χ0) is 14.1. The Kier molecular flexibility index (Phi) is 6.68. The lowest BCUT2D eigenvalue weighted by molar-refractivity contribution is -0.145.